The molecule has 0 spiro atoms. The van der Waals surface area contributed by atoms with Crippen molar-refractivity contribution in [2.75, 3.05) is 0 Å². The zero-order valence-corrected chi connectivity index (χ0v) is 9.79. The molecule has 0 aliphatic rings. The smallest absolute Gasteiger partial charge is 0.338 e. The highest BCUT2D eigenvalue weighted by Crippen LogP contribution is 2.06. The first-order valence-corrected chi connectivity index (χ1v) is 4.94. The number of ether oxygens (including phenoxy) is 1. The number of allylic oxidation sites excluding steroid dienone is 3. The second kappa shape index (κ2) is 6.98. The molecule has 3 nitrogen and oxygen atoms in total. The fourth-order valence-electron chi connectivity index (χ4n) is 1.03. The number of carbonyl (C=O) groups excluding carboxylic acids is 2. The van der Waals surface area contributed by atoms with Gasteiger partial charge in [-0.25, -0.2) is 4.79 Å². The van der Waals surface area contributed by atoms with Gasteiger partial charge in [0.25, 0.3) is 0 Å². The van der Waals surface area contributed by atoms with E-state index in [1.807, 2.05) is 20.8 Å². The number of hydrogen-bond donors (Lipinski definition) is 0. The Kier molecular flexibility index (Phi) is 6.34. The average Bonchev–Trinajstić information content (AvgIpc) is 2.00. The molecule has 0 aromatic rings. The average molecular weight is 210 g/mol. The SMILES string of the molecule is CC(=O)OC(=O)/C=C(\C)CCC=C(C)C. The second-order valence-corrected chi connectivity index (χ2v) is 3.72. The number of carbonyl (C=O) groups is 2. The summed E-state index contributed by atoms with van der Waals surface area (Å²) in [5, 5.41) is 0. The second-order valence-electron chi connectivity index (χ2n) is 3.72. The van der Waals surface area contributed by atoms with Crippen LogP contribution in [0.2, 0.25) is 0 Å². The van der Waals surface area contributed by atoms with Crippen LogP contribution in [0.1, 0.15) is 40.5 Å². The molecular weight excluding hydrogens is 192 g/mol. The van der Waals surface area contributed by atoms with E-state index >= 15 is 0 Å². The monoisotopic (exact) mass is 210 g/mol. The summed E-state index contributed by atoms with van der Waals surface area (Å²) in [6.07, 6.45) is 5.17. The van der Waals surface area contributed by atoms with Crippen LogP contribution in [0.15, 0.2) is 23.3 Å². The molecule has 0 aliphatic carbocycles. The lowest BCUT2D eigenvalue weighted by Gasteiger charge is -1.98. The Labute approximate surface area is 90.8 Å². The van der Waals surface area contributed by atoms with Gasteiger partial charge in [-0.15, -0.1) is 0 Å². The summed E-state index contributed by atoms with van der Waals surface area (Å²) >= 11 is 0. The third-order valence-electron chi connectivity index (χ3n) is 1.70. The van der Waals surface area contributed by atoms with Gasteiger partial charge in [0.2, 0.25) is 0 Å². The Morgan fingerprint density at radius 1 is 1.13 bits per heavy atom. The minimum absolute atomic E-state index is 0.576. The van der Waals surface area contributed by atoms with Crippen LogP contribution in [0.3, 0.4) is 0 Å². The van der Waals surface area contributed by atoms with Gasteiger partial charge in [-0.05, 0) is 33.6 Å². The van der Waals surface area contributed by atoms with Gasteiger partial charge < -0.3 is 4.74 Å². The molecule has 0 amide bonds. The van der Waals surface area contributed by atoms with Gasteiger partial charge in [-0.3, -0.25) is 4.79 Å². The van der Waals surface area contributed by atoms with E-state index in [9.17, 15) is 9.59 Å². The van der Waals surface area contributed by atoms with Gasteiger partial charge >= 0.3 is 11.9 Å². The lowest BCUT2D eigenvalue weighted by Crippen LogP contribution is -2.06. The Hall–Kier alpha value is -1.38. The van der Waals surface area contributed by atoms with Crippen LogP contribution in [0.25, 0.3) is 0 Å². The van der Waals surface area contributed by atoms with Gasteiger partial charge in [0.15, 0.2) is 0 Å². The molecule has 0 aromatic heterocycles. The van der Waals surface area contributed by atoms with Crippen LogP contribution >= 0.6 is 0 Å². The molecule has 0 rings (SSSR count). The van der Waals surface area contributed by atoms with Crippen LogP contribution in [-0.4, -0.2) is 11.9 Å². The van der Waals surface area contributed by atoms with Crippen molar-refractivity contribution in [1.29, 1.82) is 0 Å². The highest BCUT2D eigenvalue weighted by atomic mass is 16.6. The zero-order chi connectivity index (χ0) is 11.8. The summed E-state index contributed by atoms with van der Waals surface area (Å²) in [7, 11) is 0. The van der Waals surface area contributed by atoms with Crippen molar-refractivity contribution in [3.8, 4) is 0 Å². The van der Waals surface area contributed by atoms with Gasteiger partial charge in [-0.1, -0.05) is 17.2 Å². The predicted octanol–water partition coefficient (Wildman–Crippen LogP) is 2.77. The molecule has 0 radical (unpaired) electrons. The van der Waals surface area contributed by atoms with E-state index < -0.39 is 11.9 Å². The first kappa shape index (κ1) is 13.6. The topological polar surface area (TPSA) is 43.4 Å². The maximum absolute atomic E-state index is 11.0. The third kappa shape index (κ3) is 8.94. The molecule has 84 valence electrons. The van der Waals surface area contributed by atoms with E-state index in [0.717, 1.165) is 18.4 Å². The molecule has 0 aliphatic heterocycles. The molecule has 0 N–H and O–H groups in total. The third-order valence-corrected chi connectivity index (χ3v) is 1.70. The molecule has 0 unspecified atom stereocenters. The molecular formula is C12H18O3. The van der Waals surface area contributed by atoms with Crippen LogP contribution in [0.5, 0.6) is 0 Å². The largest absolute Gasteiger partial charge is 0.390 e. The summed E-state index contributed by atoms with van der Waals surface area (Å²) in [4.78, 5) is 21.5. The van der Waals surface area contributed by atoms with E-state index in [4.69, 9.17) is 0 Å². The fraction of sp³-hybridized carbons (Fsp3) is 0.500. The zero-order valence-electron chi connectivity index (χ0n) is 9.79. The first-order chi connectivity index (χ1) is 6.91. The van der Waals surface area contributed by atoms with Gasteiger partial charge in [0, 0.05) is 13.0 Å². The molecule has 0 aromatic carbocycles. The summed E-state index contributed by atoms with van der Waals surface area (Å²) in [6.45, 7) is 7.12. The first-order valence-electron chi connectivity index (χ1n) is 4.94. The minimum Gasteiger partial charge on any atom is -0.390 e. The molecule has 0 fully saturated rings. The van der Waals surface area contributed by atoms with Crippen molar-refractivity contribution < 1.29 is 14.3 Å². The van der Waals surface area contributed by atoms with E-state index in [0.29, 0.717) is 0 Å². The molecule has 0 heterocycles. The standard InChI is InChI=1S/C12H18O3/c1-9(2)6-5-7-10(3)8-12(14)15-11(4)13/h6,8H,5,7H2,1-4H3/b10-8+. The summed E-state index contributed by atoms with van der Waals surface area (Å²) < 4.78 is 4.38. The Balaban J connectivity index is 4.03. The Morgan fingerprint density at radius 3 is 2.20 bits per heavy atom. The van der Waals surface area contributed by atoms with Crippen molar-refractivity contribution in [1.82, 2.24) is 0 Å². The Morgan fingerprint density at radius 2 is 1.73 bits per heavy atom. The molecule has 3 heteroatoms. The molecule has 0 bridgehead atoms. The van der Waals surface area contributed by atoms with Crippen molar-refractivity contribution in [2.45, 2.75) is 40.5 Å². The van der Waals surface area contributed by atoms with Gasteiger partial charge in [-0.2, -0.15) is 0 Å². The van der Waals surface area contributed by atoms with Gasteiger partial charge in [0.05, 0.1) is 0 Å². The molecule has 0 atom stereocenters. The lowest BCUT2D eigenvalue weighted by molar-refractivity contribution is -0.154. The normalized spacial score (nSPS) is 10.8. The molecule has 15 heavy (non-hydrogen) atoms. The minimum atomic E-state index is -0.586. The summed E-state index contributed by atoms with van der Waals surface area (Å²) in [5.41, 5.74) is 2.17. The summed E-state index contributed by atoms with van der Waals surface area (Å²) in [5.74, 6) is -1.16. The van der Waals surface area contributed by atoms with Crippen molar-refractivity contribution in [3.63, 3.8) is 0 Å². The maximum Gasteiger partial charge on any atom is 0.338 e. The van der Waals surface area contributed by atoms with E-state index in [1.165, 1.54) is 18.6 Å². The Bertz CT molecular complexity index is 294. The van der Waals surface area contributed by atoms with Gasteiger partial charge in [0.1, 0.15) is 0 Å². The molecule has 0 saturated heterocycles. The number of esters is 2. The van der Waals surface area contributed by atoms with Crippen LogP contribution in [0.4, 0.5) is 0 Å². The fourth-order valence-corrected chi connectivity index (χ4v) is 1.03. The van der Waals surface area contributed by atoms with Crippen LogP contribution in [-0.2, 0) is 14.3 Å². The summed E-state index contributed by atoms with van der Waals surface area (Å²) in [6, 6.07) is 0. The van der Waals surface area contributed by atoms with E-state index in [1.54, 1.807) is 0 Å². The molecule has 0 saturated carbocycles. The number of hydrogen-bond acceptors (Lipinski definition) is 3. The van der Waals surface area contributed by atoms with E-state index in [2.05, 4.69) is 10.8 Å². The van der Waals surface area contributed by atoms with Crippen molar-refractivity contribution in [2.24, 2.45) is 0 Å². The lowest BCUT2D eigenvalue weighted by atomic mass is 10.1. The van der Waals surface area contributed by atoms with Crippen molar-refractivity contribution >= 4 is 11.9 Å². The van der Waals surface area contributed by atoms with Crippen LogP contribution in [0, 0.1) is 0 Å². The van der Waals surface area contributed by atoms with Crippen LogP contribution < -0.4 is 0 Å². The predicted molar refractivity (Wildman–Crippen MR) is 59.2 cm³/mol. The highest BCUT2D eigenvalue weighted by molar-refractivity contribution is 5.91. The van der Waals surface area contributed by atoms with Crippen molar-refractivity contribution in [3.05, 3.63) is 23.3 Å². The van der Waals surface area contributed by atoms with E-state index in [-0.39, 0.29) is 0 Å². The quantitative estimate of drug-likeness (QED) is 0.310. The maximum atomic E-state index is 11.0. The highest BCUT2D eigenvalue weighted by Gasteiger charge is 2.02. The number of rotatable bonds is 4.